The zero-order valence-corrected chi connectivity index (χ0v) is 10.7. The van der Waals surface area contributed by atoms with E-state index in [0.29, 0.717) is 13.0 Å². The Kier molecular flexibility index (Phi) is 3.48. The van der Waals surface area contributed by atoms with Crippen LogP contribution in [0.2, 0.25) is 0 Å². The quantitative estimate of drug-likeness (QED) is 0.804. The number of aryl methyl sites for hydroxylation is 3. The van der Waals surface area contributed by atoms with Gasteiger partial charge >= 0.3 is 0 Å². The van der Waals surface area contributed by atoms with Crippen molar-refractivity contribution in [2.45, 2.75) is 33.3 Å². The lowest BCUT2D eigenvalue weighted by molar-refractivity contribution is -0.120. The van der Waals surface area contributed by atoms with Crippen LogP contribution in [0, 0.1) is 20.8 Å². The Balaban J connectivity index is 1.99. The van der Waals surface area contributed by atoms with Gasteiger partial charge < -0.3 is 10.1 Å². The topological polar surface area (TPSA) is 41.6 Å². The molecule has 0 bridgehead atoms. The van der Waals surface area contributed by atoms with E-state index in [1.165, 1.54) is 16.7 Å². The molecule has 1 unspecified atom stereocenters. The van der Waals surface area contributed by atoms with Gasteiger partial charge in [0, 0.05) is 6.54 Å². The van der Waals surface area contributed by atoms with Crippen LogP contribution < -0.4 is 5.32 Å². The van der Waals surface area contributed by atoms with Crippen molar-refractivity contribution in [3.8, 4) is 0 Å². The van der Waals surface area contributed by atoms with Gasteiger partial charge in [-0.2, -0.15) is 0 Å². The second-order valence-electron chi connectivity index (χ2n) is 4.81. The lowest BCUT2D eigenvalue weighted by atomic mass is 9.97. The van der Waals surface area contributed by atoms with Crippen molar-refractivity contribution in [3.05, 3.63) is 34.4 Å². The second-order valence-corrected chi connectivity index (χ2v) is 4.81. The van der Waals surface area contributed by atoms with Crippen LogP contribution in [0.1, 0.15) is 22.3 Å². The normalized spacial score (nSPS) is 17.9. The summed E-state index contributed by atoms with van der Waals surface area (Å²) in [5.74, 6) is 0.0792. The molecule has 0 saturated carbocycles. The summed E-state index contributed by atoms with van der Waals surface area (Å²) in [4.78, 5) is 11.8. The highest BCUT2D eigenvalue weighted by Gasteiger charge is 2.22. The monoisotopic (exact) mass is 233 g/mol. The average Bonchev–Trinajstić information content (AvgIpc) is 3.04. The predicted molar refractivity (Wildman–Crippen MR) is 67.1 cm³/mol. The minimum atomic E-state index is 0.0792. The van der Waals surface area contributed by atoms with Crippen LogP contribution in [-0.4, -0.2) is 25.2 Å². The first-order valence-electron chi connectivity index (χ1n) is 6.01. The van der Waals surface area contributed by atoms with E-state index in [1.807, 2.05) is 0 Å². The number of carbonyl (C=O) groups excluding carboxylic acids is 1. The fourth-order valence-corrected chi connectivity index (χ4v) is 2.13. The van der Waals surface area contributed by atoms with Crippen LogP contribution in [0.4, 0.5) is 0 Å². The van der Waals surface area contributed by atoms with E-state index in [-0.39, 0.29) is 12.0 Å². The Morgan fingerprint density at radius 1 is 1.35 bits per heavy atom. The molecule has 0 aromatic heterocycles. The highest BCUT2D eigenvalue weighted by molar-refractivity contribution is 5.79. The van der Waals surface area contributed by atoms with Gasteiger partial charge in [0.25, 0.3) is 0 Å². The molecule has 0 spiro atoms. The molecule has 0 aliphatic carbocycles. The van der Waals surface area contributed by atoms with Gasteiger partial charge in [0.2, 0.25) is 5.91 Å². The second kappa shape index (κ2) is 4.88. The maximum absolute atomic E-state index is 11.8. The number of ether oxygens (including phenoxy) is 1. The van der Waals surface area contributed by atoms with Crippen LogP contribution >= 0.6 is 0 Å². The minimum Gasteiger partial charge on any atom is -0.371 e. The number of carbonyl (C=O) groups is 1. The molecule has 17 heavy (non-hydrogen) atoms. The summed E-state index contributed by atoms with van der Waals surface area (Å²) in [6, 6.07) is 4.25. The van der Waals surface area contributed by atoms with Crippen LogP contribution in [0.5, 0.6) is 0 Å². The Bertz CT molecular complexity index is 413. The number of hydrogen-bond acceptors (Lipinski definition) is 2. The van der Waals surface area contributed by atoms with E-state index in [1.54, 1.807) is 0 Å². The highest BCUT2D eigenvalue weighted by atomic mass is 16.6. The SMILES string of the molecule is Cc1cc(C)c(CC(=O)NCC2CO2)c(C)c1. The fourth-order valence-electron chi connectivity index (χ4n) is 2.13. The number of amides is 1. The molecular weight excluding hydrogens is 214 g/mol. The number of epoxide rings is 1. The van der Waals surface area contributed by atoms with E-state index in [9.17, 15) is 4.79 Å². The van der Waals surface area contributed by atoms with Crippen LogP contribution in [0.3, 0.4) is 0 Å². The van der Waals surface area contributed by atoms with Gasteiger partial charge in [0.15, 0.2) is 0 Å². The maximum Gasteiger partial charge on any atom is 0.224 e. The van der Waals surface area contributed by atoms with E-state index in [4.69, 9.17) is 4.74 Å². The third-order valence-electron chi connectivity index (χ3n) is 3.11. The summed E-state index contributed by atoms with van der Waals surface area (Å²) in [5, 5.41) is 2.90. The Labute approximate surface area is 102 Å². The van der Waals surface area contributed by atoms with Crippen molar-refractivity contribution in [3.63, 3.8) is 0 Å². The summed E-state index contributed by atoms with van der Waals surface area (Å²) < 4.78 is 5.06. The molecule has 3 nitrogen and oxygen atoms in total. The average molecular weight is 233 g/mol. The zero-order chi connectivity index (χ0) is 12.4. The molecule has 0 radical (unpaired) electrons. The zero-order valence-electron chi connectivity index (χ0n) is 10.7. The molecule has 2 rings (SSSR count). The molecule has 92 valence electrons. The molecular formula is C14H19NO2. The Morgan fingerprint density at radius 2 is 1.94 bits per heavy atom. The van der Waals surface area contributed by atoms with Gasteiger partial charge in [-0.25, -0.2) is 0 Å². The molecule has 1 aromatic rings. The lowest BCUT2D eigenvalue weighted by Crippen LogP contribution is -2.29. The third-order valence-corrected chi connectivity index (χ3v) is 3.11. The van der Waals surface area contributed by atoms with Gasteiger partial charge in [0.05, 0.1) is 19.1 Å². The third kappa shape index (κ3) is 3.30. The standard InChI is InChI=1S/C14H19NO2/c1-9-4-10(2)13(11(3)5-9)6-14(16)15-7-12-8-17-12/h4-5,12H,6-8H2,1-3H3,(H,15,16). The number of nitrogens with one attached hydrogen (secondary N) is 1. The number of benzene rings is 1. The van der Waals surface area contributed by atoms with Gasteiger partial charge in [-0.1, -0.05) is 17.7 Å². The largest absolute Gasteiger partial charge is 0.371 e. The summed E-state index contributed by atoms with van der Waals surface area (Å²) in [7, 11) is 0. The van der Waals surface area contributed by atoms with Gasteiger partial charge in [0.1, 0.15) is 0 Å². The molecule has 1 N–H and O–H groups in total. The van der Waals surface area contributed by atoms with Crippen molar-refractivity contribution >= 4 is 5.91 Å². The van der Waals surface area contributed by atoms with Crippen molar-refractivity contribution in [2.24, 2.45) is 0 Å². The molecule has 3 heteroatoms. The number of hydrogen-bond donors (Lipinski definition) is 1. The summed E-state index contributed by atoms with van der Waals surface area (Å²) in [5.41, 5.74) is 4.78. The van der Waals surface area contributed by atoms with E-state index in [0.717, 1.165) is 12.2 Å². The van der Waals surface area contributed by atoms with Crippen LogP contribution in [-0.2, 0) is 16.0 Å². The Hall–Kier alpha value is -1.35. The molecule has 1 aliphatic rings. The lowest BCUT2D eigenvalue weighted by Gasteiger charge is -2.11. The summed E-state index contributed by atoms with van der Waals surface area (Å²) in [6.45, 7) is 7.62. The van der Waals surface area contributed by atoms with Crippen molar-refractivity contribution in [1.82, 2.24) is 5.32 Å². The van der Waals surface area contributed by atoms with Gasteiger partial charge in [-0.3, -0.25) is 4.79 Å². The van der Waals surface area contributed by atoms with Gasteiger partial charge in [-0.05, 0) is 37.5 Å². The van der Waals surface area contributed by atoms with E-state index < -0.39 is 0 Å². The molecule has 1 atom stereocenters. The number of rotatable bonds is 4. The molecule has 1 saturated heterocycles. The van der Waals surface area contributed by atoms with Crippen LogP contribution in [0.25, 0.3) is 0 Å². The molecule has 1 aromatic carbocycles. The van der Waals surface area contributed by atoms with Gasteiger partial charge in [-0.15, -0.1) is 0 Å². The maximum atomic E-state index is 11.8. The first-order chi connectivity index (χ1) is 8.06. The molecule has 1 aliphatic heterocycles. The highest BCUT2D eigenvalue weighted by Crippen LogP contribution is 2.17. The first-order valence-corrected chi connectivity index (χ1v) is 6.01. The van der Waals surface area contributed by atoms with Crippen molar-refractivity contribution in [1.29, 1.82) is 0 Å². The van der Waals surface area contributed by atoms with E-state index in [2.05, 4.69) is 38.2 Å². The smallest absolute Gasteiger partial charge is 0.224 e. The van der Waals surface area contributed by atoms with Crippen LogP contribution in [0.15, 0.2) is 12.1 Å². The van der Waals surface area contributed by atoms with Crippen molar-refractivity contribution < 1.29 is 9.53 Å². The fraction of sp³-hybridized carbons (Fsp3) is 0.500. The minimum absolute atomic E-state index is 0.0792. The Morgan fingerprint density at radius 3 is 2.47 bits per heavy atom. The van der Waals surface area contributed by atoms with Crippen molar-refractivity contribution in [2.75, 3.05) is 13.2 Å². The summed E-state index contributed by atoms with van der Waals surface area (Å²) in [6.07, 6.45) is 0.712. The molecule has 1 fully saturated rings. The molecule has 1 heterocycles. The molecule has 1 amide bonds. The van der Waals surface area contributed by atoms with E-state index >= 15 is 0 Å². The first kappa shape index (κ1) is 12.1. The summed E-state index contributed by atoms with van der Waals surface area (Å²) >= 11 is 0. The predicted octanol–water partition coefficient (Wildman–Crippen LogP) is 1.67.